The van der Waals surface area contributed by atoms with Crippen LogP contribution in [-0.2, 0) is 9.59 Å². The molecule has 2 amide bonds. The molecule has 19 heavy (non-hydrogen) atoms. The number of hydrogen-bond acceptors (Lipinski definition) is 2. The van der Waals surface area contributed by atoms with Gasteiger partial charge in [-0.05, 0) is 38.0 Å². The standard InChI is InChI=1S/C14H17ClN2O2/c1-8-4-9(2)12(10(15)5-8)17-13(19)14(3)6-11(18)16-7-14/h4-5H,6-7H2,1-3H3,(H,16,18)(H,17,19). The summed E-state index contributed by atoms with van der Waals surface area (Å²) in [5.74, 6) is -0.274. The van der Waals surface area contributed by atoms with Gasteiger partial charge in [0.25, 0.3) is 0 Å². The number of nitrogens with one attached hydrogen (secondary N) is 2. The molecule has 1 aliphatic heterocycles. The van der Waals surface area contributed by atoms with Crippen molar-refractivity contribution in [2.24, 2.45) is 5.41 Å². The van der Waals surface area contributed by atoms with Crippen molar-refractivity contribution < 1.29 is 9.59 Å². The molecule has 1 aromatic carbocycles. The highest BCUT2D eigenvalue weighted by Gasteiger charge is 2.41. The van der Waals surface area contributed by atoms with E-state index in [1.54, 1.807) is 6.92 Å². The van der Waals surface area contributed by atoms with Gasteiger partial charge in [0.1, 0.15) is 0 Å². The topological polar surface area (TPSA) is 58.2 Å². The average molecular weight is 281 g/mol. The zero-order valence-electron chi connectivity index (χ0n) is 11.3. The largest absolute Gasteiger partial charge is 0.355 e. The third-order valence-electron chi connectivity index (χ3n) is 3.44. The van der Waals surface area contributed by atoms with Gasteiger partial charge in [-0.3, -0.25) is 9.59 Å². The third-order valence-corrected chi connectivity index (χ3v) is 3.74. The first kappa shape index (κ1) is 13.9. The predicted octanol–water partition coefficient (Wildman–Crippen LogP) is 2.42. The van der Waals surface area contributed by atoms with E-state index in [4.69, 9.17) is 11.6 Å². The highest BCUT2D eigenvalue weighted by Crippen LogP contribution is 2.31. The summed E-state index contributed by atoms with van der Waals surface area (Å²) in [7, 11) is 0. The monoisotopic (exact) mass is 280 g/mol. The number of benzene rings is 1. The van der Waals surface area contributed by atoms with Gasteiger partial charge in [0.2, 0.25) is 11.8 Å². The Morgan fingerprint density at radius 1 is 1.42 bits per heavy atom. The van der Waals surface area contributed by atoms with Gasteiger partial charge in [-0.15, -0.1) is 0 Å². The summed E-state index contributed by atoms with van der Waals surface area (Å²) in [5.41, 5.74) is 1.87. The van der Waals surface area contributed by atoms with Crippen LogP contribution in [0, 0.1) is 19.3 Å². The maximum absolute atomic E-state index is 12.3. The van der Waals surface area contributed by atoms with Crippen molar-refractivity contribution in [1.82, 2.24) is 5.32 Å². The Hall–Kier alpha value is -1.55. The number of amides is 2. The Kier molecular flexibility index (Phi) is 3.54. The lowest BCUT2D eigenvalue weighted by atomic mass is 9.88. The molecule has 0 bridgehead atoms. The van der Waals surface area contributed by atoms with Gasteiger partial charge in [-0.1, -0.05) is 17.7 Å². The SMILES string of the molecule is Cc1cc(C)c(NC(=O)C2(C)CNC(=O)C2)c(Cl)c1. The molecule has 1 aliphatic rings. The molecule has 102 valence electrons. The van der Waals surface area contributed by atoms with Gasteiger partial charge in [0.15, 0.2) is 0 Å². The van der Waals surface area contributed by atoms with Crippen LogP contribution >= 0.6 is 11.6 Å². The molecule has 1 heterocycles. The van der Waals surface area contributed by atoms with Gasteiger partial charge in [-0.2, -0.15) is 0 Å². The molecule has 0 spiro atoms. The molecule has 1 unspecified atom stereocenters. The zero-order valence-corrected chi connectivity index (χ0v) is 12.0. The molecule has 0 aliphatic carbocycles. The van der Waals surface area contributed by atoms with Crippen LogP contribution in [0.5, 0.6) is 0 Å². The molecule has 2 rings (SSSR count). The predicted molar refractivity (Wildman–Crippen MR) is 75.3 cm³/mol. The highest BCUT2D eigenvalue weighted by molar-refractivity contribution is 6.34. The van der Waals surface area contributed by atoms with Gasteiger partial charge >= 0.3 is 0 Å². The zero-order chi connectivity index (χ0) is 14.2. The van der Waals surface area contributed by atoms with Crippen molar-refractivity contribution in [2.75, 3.05) is 11.9 Å². The molecular formula is C14H17ClN2O2. The van der Waals surface area contributed by atoms with Crippen LogP contribution in [0.25, 0.3) is 0 Å². The lowest BCUT2D eigenvalue weighted by molar-refractivity contribution is -0.126. The molecule has 2 N–H and O–H groups in total. The molecule has 1 aromatic rings. The Morgan fingerprint density at radius 2 is 2.11 bits per heavy atom. The third kappa shape index (κ3) is 2.73. The number of hydrogen-bond donors (Lipinski definition) is 2. The van der Waals surface area contributed by atoms with E-state index in [0.717, 1.165) is 11.1 Å². The Labute approximate surface area is 117 Å². The second-order valence-electron chi connectivity index (χ2n) is 5.41. The molecule has 0 aromatic heterocycles. The summed E-state index contributed by atoms with van der Waals surface area (Å²) in [6, 6.07) is 3.77. The summed E-state index contributed by atoms with van der Waals surface area (Å²) in [4.78, 5) is 23.6. The van der Waals surface area contributed by atoms with Crippen LogP contribution in [0.2, 0.25) is 5.02 Å². The quantitative estimate of drug-likeness (QED) is 0.874. The van der Waals surface area contributed by atoms with Crippen molar-refractivity contribution >= 4 is 29.1 Å². The van der Waals surface area contributed by atoms with Crippen LogP contribution in [0.3, 0.4) is 0 Å². The fourth-order valence-corrected chi connectivity index (χ4v) is 2.64. The van der Waals surface area contributed by atoms with E-state index >= 15 is 0 Å². The number of carbonyl (C=O) groups excluding carboxylic acids is 2. The van der Waals surface area contributed by atoms with Crippen molar-refractivity contribution in [1.29, 1.82) is 0 Å². The smallest absolute Gasteiger partial charge is 0.232 e. The van der Waals surface area contributed by atoms with Crippen LogP contribution in [-0.4, -0.2) is 18.4 Å². The molecule has 0 radical (unpaired) electrons. The number of rotatable bonds is 2. The minimum Gasteiger partial charge on any atom is -0.355 e. The number of aryl methyl sites for hydroxylation is 2. The lowest BCUT2D eigenvalue weighted by Gasteiger charge is -2.22. The van der Waals surface area contributed by atoms with Crippen LogP contribution in [0.4, 0.5) is 5.69 Å². The molecule has 4 nitrogen and oxygen atoms in total. The molecular weight excluding hydrogens is 264 g/mol. The summed E-state index contributed by atoms with van der Waals surface area (Å²) >= 11 is 6.16. The van der Waals surface area contributed by atoms with E-state index in [1.165, 1.54) is 0 Å². The first-order valence-corrected chi connectivity index (χ1v) is 6.54. The minimum absolute atomic E-state index is 0.0932. The first-order chi connectivity index (χ1) is 8.82. The average Bonchev–Trinajstić information content (AvgIpc) is 2.65. The van der Waals surface area contributed by atoms with Gasteiger partial charge in [0.05, 0.1) is 16.1 Å². The van der Waals surface area contributed by atoms with Gasteiger partial charge < -0.3 is 10.6 Å². The van der Waals surface area contributed by atoms with E-state index in [0.29, 0.717) is 17.3 Å². The minimum atomic E-state index is -0.711. The number of halogens is 1. The fourth-order valence-electron chi connectivity index (χ4n) is 2.27. The summed E-state index contributed by atoms with van der Waals surface area (Å²) in [6.07, 6.45) is 0.210. The van der Waals surface area contributed by atoms with Crippen molar-refractivity contribution in [3.63, 3.8) is 0 Å². The van der Waals surface area contributed by atoms with E-state index in [2.05, 4.69) is 10.6 Å². The fraction of sp³-hybridized carbons (Fsp3) is 0.429. The Balaban J connectivity index is 2.22. The molecule has 5 heteroatoms. The molecule has 1 saturated heterocycles. The van der Waals surface area contributed by atoms with Crippen LogP contribution in [0.15, 0.2) is 12.1 Å². The summed E-state index contributed by atoms with van der Waals surface area (Å²) in [6.45, 7) is 5.98. The Bertz CT molecular complexity index is 533. The van der Waals surface area contributed by atoms with E-state index < -0.39 is 5.41 Å². The molecule has 1 atom stereocenters. The van der Waals surface area contributed by atoms with Crippen molar-refractivity contribution in [2.45, 2.75) is 27.2 Å². The highest BCUT2D eigenvalue weighted by atomic mass is 35.5. The maximum atomic E-state index is 12.3. The van der Waals surface area contributed by atoms with E-state index in [1.807, 2.05) is 26.0 Å². The maximum Gasteiger partial charge on any atom is 0.232 e. The lowest BCUT2D eigenvalue weighted by Crippen LogP contribution is -2.35. The van der Waals surface area contributed by atoms with Crippen molar-refractivity contribution in [3.05, 3.63) is 28.3 Å². The van der Waals surface area contributed by atoms with E-state index in [-0.39, 0.29) is 18.2 Å². The first-order valence-electron chi connectivity index (χ1n) is 6.17. The second kappa shape index (κ2) is 4.85. The van der Waals surface area contributed by atoms with E-state index in [9.17, 15) is 9.59 Å². The number of carbonyl (C=O) groups is 2. The van der Waals surface area contributed by atoms with Crippen LogP contribution in [0.1, 0.15) is 24.5 Å². The normalized spacial score (nSPS) is 22.2. The summed E-state index contributed by atoms with van der Waals surface area (Å²) in [5, 5.41) is 6.05. The number of anilines is 1. The van der Waals surface area contributed by atoms with Crippen molar-refractivity contribution in [3.8, 4) is 0 Å². The second-order valence-corrected chi connectivity index (χ2v) is 5.81. The van der Waals surface area contributed by atoms with Crippen LogP contribution < -0.4 is 10.6 Å². The Morgan fingerprint density at radius 3 is 2.63 bits per heavy atom. The van der Waals surface area contributed by atoms with Gasteiger partial charge in [-0.25, -0.2) is 0 Å². The summed E-state index contributed by atoms with van der Waals surface area (Å²) < 4.78 is 0. The molecule has 0 saturated carbocycles. The molecule has 1 fully saturated rings. The van der Waals surface area contributed by atoms with Gasteiger partial charge in [0, 0.05) is 13.0 Å².